The minimum atomic E-state index is -0.0755. The number of carbonyl (C=O) groups is 2. The predicted octanol–water partition coefficient (Wildman–Crippen LogP) is 1.59. The summed E-state index contributed by atoms with van der Waals surface area (Å²) in [7, 11) is 1.88. The van der Waals surface area contributed by atoms with Gasteiger partial charge < -0.3 is 15.1 Å². The minimum absolute atomic E-state index is 0.0755. The first-order valence-electron chi connectivity index (χ1n) is 9.13. The van der Waals surface area contributed by atoms with Gasteiger partial charge in [-0.05, 0) is 30.9 Å². The monoisotopic (exact) mass is 348 g/mol. The van der Waals surface area contributed by atoms with Crippen molar-refractivity contribution in [3.05, 3.63) is 29.8 Å². The number of aryl methyl sites for hydroxylation is 1. The Morgan fingerprint density at radius 2 is 1.52 bits per heavy atom. The summed E-state index contributed by atoms with van der Waals surface area (Å²) in [6.45, 7) is 12.6. The second-order valence-electron chi connectivity index (χ2n) is 7.81. The molecule has 0 heterocycles. The molecule has 0 saturated heterocycles. The van der Waals surface area contributed by atoms with Crippen molar-refractivity contribution in [2.24, 2.45) is 11.8 Å². The Kier molecular flexibility index (Phi) is 8.62. The van der Waals surface area contributed by atoms with Gasteiger partial charge in [0.1, 0.15) is 0 Å². The van der Waals surface area contributed by atoms with Crippen molar-refractivity contribution in [2.45, 2.75) is 34.6 Å². The zero-order valence-electron chi connectivity index (χ0n) is 16.6. The van der Waals surface area contributed by atoms with E-state index in [0.29, 0.717) is 18.4 Å². The summed E-state index contributed by atoms with van der Waals surface area (Å²) in [5.41, 5.74) is 1.94. The molecule has 25 heavy (non-hydrogen) atoms. The molecule has 0 aliphatic carbocycles. The van der Waals surface area contributed by atoms with E-state index in [1.165, 1.54) is 0 Å². The second-order valence-corrected chi connectivity index (χ2v) is 7.81. The number of carbonyl (C=O) groups excluding carboxylic acids is 2. The van der Waals surface area contributed by atoms with E-state index in [0.717, 1.165) is 29.2 Å². The third kappa shape index (κ3) is 8.68. The molecule has 0 aliphatic rings. The number of quaternary nitrogens is 1. The molecule has 2 N–H and O–H groups in total. The lowest BCUT2D eigenvalue weighted by Gasteiger charge is -2.27. The molecule has 0 saturated carbocycles. The van der Waals surface area contributed by atoms with Crippen LogP contribution in [0.5, 0.6) is 0 Å². The van der Waals surface area contributed by atoms with E-state index >= 15 is 0 Å². The summed E-state index contributed by atoms with van der Waals surface area (Å²) < 4.78 is 0. The number of nitrogens with one attached hydrogen (secondary N) is 2. The number of likely N-dealkylation sites (N-methyl/N-ethyl adjacent to an activating group) is 1. The SMILES string of the molecule is Cc1ccc(NC(=O)C[NH+](C)CC(=O)N(CC(C)C)CC(C)C)cc1. The Morgan fingerprint density at radius 1 is 1.00 bits per heavy atom. The largest absolute Gasteiger partial charge is 0.337 e. The van der Waals surface area contributed by atoms with E-state index in [-0.39, 0.29) is 18.4 Å². The lowest BCUT2D eigenvalue weighted by Crippen LogP contribution is -3.11. The van der Waals surface area contributed by atoms with E-state index < -0.39 is 0 Å². The summed E-state index contributed by atoms with van der Waals surface area (Å²) in [5.74, 6) is 0.914. The van der Waals surface area contributed by atoms with Gasteiger partial charge in [-0.25, -0.2) is 0 Å². The fourth-order valence-corrected chi connectivity index (χ4v) is 2.71. The highest BCUT2D eigenvalue weighted by Crippen LogP contribution is 2.08. The Hall–Kier alpha value is -1.88. The quantitative estimate of drug-likeness (QED) is 0.712. The van der Waals surface area contributed by atoms with E-state index in [1.54, 1.807) is 0 Å². The lowest BCUT2D eigenvalue weighted by atomic mass is 10.1. The van der Waals surface area contributed by atoms with Gasteiger partial charge in [0.15, 0.2) is 13.1 Å². The third-order valence-electron chi connectivity index (χ3n) is 3.77. The predicted molar refractivity (Wildman–Crippen MR) is 103 cm³/mol. The van der Waals surface area contributed by atoms with Crippen LogP contribution in [0.25, 0.3) is 0 Å². The smallest absolute Gasteiger partial charge is 0.279 e. The van der Waals surface area contributed by atoms with Crippen LogP contribution in [0.1, 0.15) is 33.3 Å². The molecule has 0 radical (unpaired) electrons. The number of benzene rings is 1. The number of amides is 2. The van der Waals surface area contributed by atoms with Crippen molar-refractivity contribution < 1.29 is 14.5 Å². The van der Waals surface area contributed by atoms with Crippen LogP contribution in [0.15, 0.2) is 24.3 Å². The first-order valence-corrected chi connectivity index (χ1v) is 9.13. The van der Waals surface area contributed by atoms with Crippen LogP contribution in [0.3, 0.4) is 0 Å². The molecule has 0 aliphatic heterocycles. The molecule has 2 amide bonds. The van der Waals surface area contributed by atoms with Crippen LogP contribution in [-0.2, 0) is 9.59 Å². The number of anilines is 1. The molecule has 1 aromatic carbocycles. The fourth-order valence-electron chi connectivity index (χ4n) is 2.71. The van der Waals surface area contributed by atoms with Crippen molar-refractivity contribution in [1.82, 2.24) is 4.90 Å². The molecule has 1 unspecified atom stereocenters. The normalized spacial score (nSPS) is 12.3. The molecule has 1 aromatic rings. The van der Waals surface area contributed by atoms with Crippen LogP contribution >= 0.6 is 0 Å². The first kappa shape index (κ1) is 21.2. The molecule has 1 atom stereocenters. The van der Waals surface area contributed by atoms with Crippen molar-refractivity contribution in [3.63, 3.8) is 0 Å². The van der Waals surface area contributed by atoms with E-state index in [4.69, 9.17) is 0 Å². The highest BCUT2D eigenvalue weighted by Gasteiger charge is 2.21. The molecule has 5 heteroatoms. The lowest BCUT2D eigenvalue weighted by molar-refractivity contribution is -0.862. The standard InChI is InChI=1S/C20H33N3O2/c1-15(2)11-23(12-16(3)4)20(25)14-22(6)13-19(24)21-18-9-7-17(5)8-10-18/h7-10,15-16H,11-14H2,1-6H3,(H,21,24)/p+1. The van der Waals surface area contributed by atoms with Crippen LogP contribution in [0.2, 0.25) is 0 Å². The highest BCUT2D eigenvalue weighted by atomic mass is 16.2. The Bertz CT molecular complexity index is 543. The van der Waals surface area contributed by atoms with Crippen molar-refractivity contribution in [1.29, 1.82) is 0 Å². The Labute approximate surface area is 152 Å². The van der Waals surface area contributed by atoms with Gasteiger partial charge in [0, 0.05) is 18.8 Å². The van der Waals surface area contributed by atoms with Crippen molar-refractivity contribution in [3.8, 4) is 0 Å². The van der Waals surface area contributed by atoms with Gasteiger partial charge in [0.05, 0.1) is 7.05 Å². The van der Waals surface area contributed by atoms with Crippen LogP contribution in [0, 0.1) is 18.8 Å². The fraction of sp³-hybridized carbons (Fsp3) is 0.600. The van der Waals surface area contributed by atoms with E-state index in [1.807, 2.05) is 43.1 Å². The molecule has 0 fully saturated rings. The van der Waals surface area contributed by atoms with Crippen LogP contribution in [0.4, 0.5) is 5.69 Å². The summed E-state index contributed by atoms with van der Waals surface area (Å²) in [6.07, 6.45) is 0. The maximum atomic E-state index is 12.6. The van der Waals surface area contributed by atoms with Crippen molar-refractivity contribution in [2.75, 3.05) is 38.5 Å². The number of hydrogen-bond acceptors (Lipinski definition) is 2. The van der Waals surface area contributed by atoms with Gasteiger partial charge in [0.25, 0.3) is 11.8 Å². The molecule has 0 aromatic heterocycles. The summed E-state index contributed by atoms with van der Waals surface area (Å²) >= 11 is 0. The topological polar surface area (TPSA) is 53.9 Å². The van der Waals surface area contributed by atoms with Gasteiger partial charge in [-0.15, -0.1) is 0 Å². The van der Waals surface area contributed by atoms with Gasteiger partial charge >= 0.3 is 0 Å². The number of nitrogens with zero attached hydrogens (tertiary/aromatic N) is 1. The van der Waals surface area contributed by atoms with Crippen molar-refractivity contribution >= 4 is 17.5 Å². The van der Waals surface area contributed by atoms with Gasteiger partial charge in [-0.3, -0.25) is 9.59 Å². The molecule has 1 rings (SSSR count). The second kappa shape index (κ2) is 10.2. The zero-order valence-corrected chi connectivity index (χ0v) is 16.6. The molecule has 140 valence electrons. The van der Waals surface area contributed by atoms with Gasteiger partial charge in [-0.1, -0.05) is 45.4 Å². The van der Waals surface area contributed by atoms with Crippen LogP contribution in [-0.4, -0.2) is 49.9 Å². The molecular weight excluding hydrogens is 314 g/mol. The minimum Gasteiger partial charge on any atom is -0.337 e. The molecule has 0 spiro atoms. The Morgan fingerprint density at radius 3 is 2.00 bits per heavy atom. The first-order chi connectivity index (χ1) is 11.7. The van der Waals surface area contributed by atoms with Gasteiger partial charge in [0.2, 0.25) is 0 Å². The van der Waals surface area contributed by atoms with Gasteiger partial charge in [-0.2, -0.15) is 0 Å². The average Bonchev–Trinajstić information content (AvgIpc) is 2.47. The van der Waals surface area contributed by atoms with E-state index in [9.17, 15) is 9.59 Å². The molecule has 5 nitrogen and oxygen atoms in total. The Balaban J connectivity index is 2.52. The average molecular weight is 349 g/mol. The van der Waals surface area contributed by atoms with Crippen LogP contribution < -0.4 is 10.2 Å². The number of hydrogen-bond donors (Lipinski definition) is 2. The number of rotatable bonds is 9. The molecule has 0 bridgehead atoms. The zero-order chi connectivity index (χ0) is 19.0. The maximum absolute atomic E-state index is 12.6. The summed E-state index contributed by atoms with van der Waals surface area (Å²) in [4.78, 5) is 27.6. The third-order valence-corrected chi connectivity index (χ3v) is 3.77. The summed E-state index contributed by atoms with van der Waals surface area (Å²) in [5, 5.41) is 2.88. The summed E-state index contributed by atoms with van der Waals surface area (Å²) in [6, 6.07) is 7.71. The maximum Gasteiger partial charge on any atom is 0.279 e. The molecular formula is C20H34N3O2+. The highest BCUT2D eigenvalue weighted by molar-refractivity contribution is 5.91. The van der Waals surface area contributed by atoms with E-state index in [2.05, 4.69) is 33.0 Å².